The Bertz CT molecular complexity index is 642. The zero-order valence-corrected chi connectivity index (χ0v) is 13.2. The van der Waals surface area contributed by atoms with Crippen LogP contribution in [0.3, 0.4) is 0 Å². The van der Waals surface area contributed by atoms with E-state index in [2.05, 4.69) is 48.0 Å². The van der Waals surface area contributed by atoms with Gasteiger partial charge in [-0.2, -0.15) is 0 Å². The maximum absolute atomic E-state index is 3.75. The Kier molecular flexibility index (Phi) is 3.30. The predicted octanol–water partition coefficient (Wildman–Crippen LogP) is 4.52. The second kappa shape index (κ2) is 5.17. The summed E-state index contributed by atoms with van der Waals surface area (Å²) in [6, 6.07) is 9.47. The van der Waals surface area contributed by atoms with E-state index in [9.17, 15) is 0 Å². The molecule has 1 fully saturated rings. The first-order valence-electron chi connectivity index (χ1n) is 8.65. The van der Waals surface area contributed by atoms with Gasteiger partial charge < -0.3 is 4.98 Å². The van der Waals surface area contributed by atoms with E-state index in [1.807, 2.05) is 0 Å². The summed E-state index contributed by atoms with van der Waals surface area (Å²) in [6.07, 6.45) is 5.22. The number of piperidine rings is 1. The highest BCUT2D eigenvalue weighted by Crippen LogP contribution is 2.44. The lowest BCUT2D eigenvalue weighted by atomic mass is 9.76. The van der Waals surface area contributed by atoms with Crippen molar-refractivity contribution >= 4 is 10.9 Å². The number of H-pyrrole nitrogens is 1. The van der Waals surface area contributed by atoms with Crippen LogP contribution < -0.4 is 0 Å². The zero-order valence-electron chi connectivity index (χ0n) is 13.2. The van der Waals surface area contributed by atoms with Gasteiger partial charge in [0.1, 0.15) is 0 Å². The maximum Gasteiger partial charge on any atom is 0.0504 e. The smallest absolute Gasteiger partial charge is 0.0504 e. The fourth-order valence-corrected chi connectivity index (χ4v) is 4.75. The normalized spacial score (nSPS) is 29.3. The summed E-state index contributed by atoms with van der Waals surface area (Å²) >= 11 is 0. The van der Waals surface area contributed by atoms with Crippen molar-refractivity contribution in [3.8, 4) is 0 Å². The first-order chi connectivity index (χ1) is 10.3. The minimum atomic E-state index is 0.633. The van der Waals surface area contributed by atoms with Crippen molar-refractivity contribution in [3.05, 3.63) is 35.5 Å². The largest absolute Gasteiger partial charge is 0.357 e. The number of hydrogen-bond acceptors (Lipinski definition) is 1. The third-order valence-corrected chi connectivity index (χ3v) is 5.98. The van der Waals surface area contributed by atoms with Crippen molar-refractivity contribution in [3.63, 3.8) is 0 Å². The Labute approximate surface area is 127 Å². The number of para-hydroxylation sites is 1. The lowest BCUT2D eigenvalue weighted by Gasteiger charge is -2.46. The van der Waals surface area contributed by atoms with E-state index in [0.717, 1.165) is 11.8 Å². The summed E-state index contributed by atoms with van der Waals surface area (Å²) in [6.45, 7) is 7.28. The number of aromatic amines is 1. The van der Waals surface area contributed by atoms with E-state index in [4.69, 9.17) is 0 Å². The van der Waals surface area contributed by atoms with Crippen LogP contribution in [0.2, 0.25) is 0 Å². The van der Waals surface area contributed by atoms with Gasteiger partial charge in [-0.05, 0) is 36.3 Å². The fraction of sp³-hybridized carbons (Fsp3) is 0.579. The summed E-state index contributed by atoms with van der Waals surface area (Å²) < 4.78 is 0. The van der Waals surface area contributed by atoms with Crippen molar-refractivity contribution < 1.29 is 0 Å². The molecule has 0 spiro atoms. The molecule has 2 nitrogen and oxygen atoms in total. The van der Waals surface area contributed by atoms with Gasteiger partial charge in [-0.15, -0.1) is 0 Å². The zero-order chi connectivity index (χ0) is 14.4. The maximum atomic E-state index is 3.75. The molecule has 2 aromatic rings. The Balaban J connectivity index is 1.74. The monoisotopic (exact) mass is 282 g/mol. The molecule has 3 atom stereocenters. The van der Waals surface area contributed by atoms with Crippen molar-refractivity contribution in [1.29, 1.82) is 0 Å². The summed E-state index contributed by atoms with van der Waals surface area (Å²) in [7, 11) is 0. The quantitative estimate of drug-likeness (QED) is 0.858. The van der Waals surface area contributed by atoms with Gasteiger partial charge in [-0.3, -0.25) is 4.90 Å². The second-order valence-corrected chi connectivity index (χ2v) is 6.90. The molecule has 1 aromatic carbocycles. The fourth-order valence-electron chi connectivity index (χ4n) is 4.75. The van der Waals surface area contributed by atoms with Crippen LogP contribution >= 0.6 is 0 Å². The van der Waals surface area contributed by atoms with Gasteiger partial charge in [0, 0.05) is 29.7 Å². The second-order valence-electron chi connectivity index (χ2n) is 6.90. The van der Waals surface area contributed by atoms with Gasteiger partial charge in [0.25, 0.3) is 0 Å². The molecule has 0 radical (unpaired) electrons. The number of fused-ring (bicyclic) bond motifs is 5. The van der Waals surface area contributed by atoms with Gasteiger partial charge >= 0.3 is 0 Å². The van der Waals surface area contributed by atoms with Crippen LogP contribution in [0.1, 0.15) is 50.4 Å². The number of rotatable bonds is 2. The highest BCUT2D eigenvalue weighted by molar-refractivity contribution is 5.85. The molecule has 0 unspecified atom stereocenters. The van der Waals surface area contributed by atoms with Crippen LogP contribution in [0.5, 0.6) is 0 Å². The van der Waals surface area contributed by atoms with E-state index in [1.165, 1.54) is 55.4 Å². The molecule has 1 saturated heterocycles. The standard InChI is InChI=1S/C19H26N2/c1-3-13-11-18-19-16(9-10-21(18)12-14(13)4-2)15-7-5-6-8-17(15)20-19/h5-8,13-14,18,20H,3-4,9-12H2,1-2H3/t13-,14-,18-/m0/s1. The molecule has 0 amide bonds. The first-order valence-corrected chi connectivity index (χ1v) is 8.65. The Morgan fingerprint density at radius 3 is 2.76 bits per heavy atom. The van der Waals surface area contributed by atoms with E-state index >= 15 is 0 Å². The highest BCUT2D eigenvalue weighted by Gasteiger charge is 2.38. The Morgan fingerprint density at radius 1 is 1.14 bits per heavy atom. The third-order valence-electron chi connectivity index (χ3n) is 5.98. The van der Waals surface area contributed by atoms with Gasteiger partial charge in [0.2, 0.25) is 0 Å². The number of aromatic nitrogens is 1. The van der Waals surface area contributed by atoms with E-state index < -0.39 is 0 Å². The molecule has 0 bridgehead atoms. The van der Waals surface area contributed by atoms with Crippen LogP contribution in [0.4, 0.5) is 0 Å². The Hall–Kier alpha value is -1.28. The molecule has 0 aliphatic carbocycles. The van der Waals surface area contributed by atoms with Crippen LogP contribution in [-0.4, -0.2) is 23.0 Å². The molecule has 2 heteroatoms. The molecule has 1 aromatic heterocycles. The van der Waals surface area contributed by atoms with Gasteiger partial charge in [0.15, 0.2) is 0 Å². The lowest BCUT2D eigenvalue weighted by Crippen LogP contribution is -2.45. The van der Waals surface area contributed by atoms with Gasteiger partial charge in [-0.1, -0.05) is 44.9 Å². The van der Waals surface area contributed by atoms with Crippen LogP contribution in [-0.2, 0) is 6.42 Å². The van der Waals surface area contributed by atoms with Crippen molar-refractivity contribution in [1.82, 2.24) is 9.88 Å². The third kappa shape index (κ3) is 2.03. The van der Waals surface area contributed by atoms with Gasteiger partial charge in [-0.25, -0.2) is 0 Å². The summed E-state index contributed by atoms with van der Waals surface area (Å²) in [4.78, 5) is 6.50. The summed E-state index contributed by atoms with van der Waals surface area (Å²) in [5, 5.41) is 1.46. The Morgan fingerprint density at radius 2 is 1.95 bits per heavy atom. The molecule has 3 heterocycles. The average molecular weight is 282 g/mol. The molecule has 21 heavy (non-hydrogen) atoms. The molecule has 0 saturated carbocycles. The van der Waals surface area contributed by atoms with E-state index in [-0.39, 0.29) is 0 Å². The van der Waals surface area contributed by atoms with Crippen LogP contribution in [0, 0.1) is 11.8 Å². The summed E-state index contributed by atoms with van der Waals surface area (Å²) in [5.41, 5.74) is 4.45. The minimum absolute atomic E-state index is 0.633. The van der Waals surface area contributed by atoms with Crippen molar-refractivity contribution in [2.24, 2.45) is 11.8 Å². The number of nitrogens with zero attached hydrogens (tertiary/aromatic N) is 1. The number of nitrogens with one attached hydrogen (secondary N) is 1. The van der Waals surface area contributed by atoms with Crippen LogP contribution in [0.15, 0.2) is 24.3 Å². The predicted molar refractivity (Wildman–Crippen MR) is 88.5 cm³/mol. The first kappa shape index (κ1) is 13.4. The minimum Gasteiger partial charge on any atom is -0.357 e. The molecule has 2 aliphatic rings. The van der Waals surface area contributed by atoms with Crippen LogP contribution in [0.25, 0.3) is 10.9 Å². The number of benzene rings is 1. The highest BCUT2D eigenvalue weighted by atomic mass is 15.2. The molecular formula is C19H26N2. The number of hydrogen-bond donors (Lipinski definition) is 1. The van der Waals surface area contributed by atoms with Crippen molar-refractivity contribution in [2.45, 2.75) is 45.6 Å². The van der Waals surface area contributed by atoms with E-state index in [0.29, 0.717) is 6.04 Å². The van der Waals surface area contributed by atoms with Crippen molar-refractivity contribution in [2.75, 3.05) is 13.1 Å². The topological polar surface area (TPSA) is 19.0 Å². The lowest BCUT2D eigenvalue weighted by molar-refractivity contribution is 0.0489. The molecule has 1 N–H and O–H groups in total. The molecule has 112 valence electrons. The van der Waals surface area contributed by atoms with E-state index in [1.54, 1.807) is 5.56 Å². The van der Waals surface area contributed by atoms with Gasteiger partial charge in [0.05, 0.1) is 6.04 Å². The molecule has 2 aliphatic heterocycles. The SMILES string of the molecule is CC[C@H]1C[C@H]2c3[nH]c4ccccc4c3CCN2C[C@@H]1CC. The summed E-state index contributed by atoms with van der Waals surface area (Å²) in [5.74, 6) is 1.80. The average Bonchev–Trinajstić information content (AvgIpc) is 2.92. The molecular weight excluding hydrogens is 256 g/mol. The molecule has 4 rings (SSSR count).